The molecular formula is C26H25N3O5S. The summed E-state index contributed by atoms with van der Waals surface area (Å²) in [5.41, 5.74) is 5.52. The Kier molecular flexibility index (Phi) is 6.97. The van der Waals surface area contributed by atoms with E-state index in [2.05, 4.69) is 14.8 Å². The molecule has 4 aromatic rings. The number of carbonyl (C=O) groups is 1. The zero-order chi connectivity index (χ0) is 25.1. The van der Waals surface area contributed by atoms with Crippen LogP contribution in [-0.2, 0) is 4.79 Å². The Bertz CT molecular complexity index is 1380. The number of aliphatic carboxylic acids is 1. The van der Waals surface area contributed by atoms with Crippen LogP contribution in [0.15, 0.2) is 63.1 Å². The van der Waals surface area contributed by atoms with Gasteiger partial charge in [0.05, 0.1) is 14.2 Å². The monoisotopic (exact) mass is 491 g/mol. The molecule has 0 aliphatic heterocycles. The molecule has 180 valence electrons. The second-order valence-electron chi connectivity index (χ2n) is 7.89. The van der Waals surface area contributed by atoms with E-state index in [1.807, 2.05) is 51.1 Å². The third-order valence-electron chi connectivity index (χ3n) is 5.46. The number of hydrogen-bond donors (Lipinski definition) is 1. The zero-order valence-electron chi connectivity index (χ0n) is 20.0. The third-order valence-corrected chi connectivity index (χ3v) is 6.31. The molecule has 0 saturated heterocycles. The number of nitrogens with zero attached hydrogens (tertiary/aromatic N) is 3. The van der Waals surface area contributed by atoms with E-state index in [1.165, 1.54) is 5.56 Å². The maximum absolute atomic E-state index is 12.0. The number of rotatable bonds is 8. The second kappa shape index (κ2) is 10.1. The molecule has 2 heterocycles. The fourth-order valence-electron chi connectivity index (χ4n) is 3.69. The number of carboxylic acid groups (broad SMARTS) is 1. The molecule has 1 N–H and O–H groups in total. The van der Waals surface area contributed by atoms with Crippen molar-refractivity contribution in [2.75, 3.05) is 14.2 Å². The van der Waals surface area contributed by atoms with Gasteiger partial charge >= 0.3 is 5.97 Å². The molecule has 4 rings (SSSR count). The van der Waals surface area contributed by atoms with Crippen molar-refractivity contribution in [3.05, 3.63) is 76.0 Å². The first kappa shape index (κ1) is 24.2. The zero-order valence-corrected chi connectivity index (χ0v) is 20.8. The summed E-state index contributed by atoms with van der Waals surface area (Å²) in [5.74, 6) is 0.286. The molecule has 0 spiro atoms. The average Bonchev–Trinajstić information content (AvgIpc) is 3.43. The highest BCUT2D eigenvalue weighted by molar-refractivity contribution is 8.03. The molecule has 35 heavy (non-hydrogen) atoms. The molecule has 9 heteroatoms. The summed E-state index contributed by atoms with van der Waals surface area (Å²) in [7, 11) is 3.10. The lowest BCUT2D eigenvalue weighted by Crippen LogP contribution is -2.00. The van der Waals surface area contributed by atoms with Crippen LogP contribution in [0.3, 0.4) is 0 Å². The molecule has 0 aliphatic carbocycles. The molecule has 0 saturated carbocycles. The van der Waals surface area contributed by atoms with Gasteiger partial charge in [-0.2, -0.15) is 0 Å². The third kappa shape index (κ3) is 5.25. The fourth-order valence-corrected chi connectivity index (χ4v) is 4.36. The molecule has 8 nitrogen and oxygen atoms in total. The summed E-state index contributed by atoms with van der Waals surface area (Å²) in [6.45, 7) is 5.99. The first-order chi connectivity index (χ1) is 16.8. The summed E-state index contributed by atoms with van der Waals surface area (Å²) in [5, 5.41) is 18.1. The van der Waals surface area contributed by atoms with Gasteiger partial charge in [-0.25, -0.2) is 4.79 Å². The van der Waals surface area contributed by atoms with Crippen molar-refractivity contribution < 1.29 is 23.8 Å². The predicted molar refractivity (Wildman–Crippen MR) is 134 cm³/mol. The number of methoxy groups -OCH3 is 2. The molecule has 2 aromatic heterocycles. The van der Waals surface area contributed by atoms with Gasteiger partial charge < -0.3 is 23.6 Å². The van der Waals surface area contributed by atoms with Crippen LogP contribution in [0.1, 0.15) is 22.5 Å². The maximum Gasteiger partial charge on any atom is 0.342 e. The van der Waals surface area contributed by atoms with Crippen molar-refractivity contribution in [3.63, 3.8) is 0 Å². The van der Waals surface area contributed by atoms with Gasteiger partial charge in [0.15, 0.2) is 0 Å². The molecule has 0 amide bonds. The SMILES string of the molecule is COc1cc(OC)cc(-c2nnc(S/C(=C\c3cc(C)n(-c4ccc(C)cc4)c3C)C(=O)O)o2)c1. The van der Waals surface area contributed by atoms with Crippen LogP contribution in [0.4, 0.5) is 0 Å². The summed E-state index contributed by atoms with van der Waals surface area (Å²) in [6, 6.07) is 15.3. The van der Waals surface area contributed by atoms with E-state index in [9.17, 15) is 9.90 Å². The first-order valence-electron chi connectivity index (χ1n) is 10.7. The lowest BCUT2D eigenvalue weighted by Gasteiger charge is -2.10. The van der Waals surface area contributed by atoms with Gasteiger partial charge in [-0.05, 0) is 74.5 Å². The van der Waals surface area contributed by atoms with Crippen molar-refractivity contribution in [1.82, 2.24) is 14.8 Å². The molecule has 2 aromatic carbocycles. The Hall–Kier alpha value is -3.98. The van der Waals surface area contributed by atoms with Gasteiger partial charge in [0, 0.05) is 28.7 Å². The van der Waals surface area contributed by atoms with Crippen LogP contribution >= 0.6 is 11.8 Å². The summed E-state index contributed by atoms with van der Waals surface area (Å²) >= 11 is 0.898. The van der Waals surface area contributed by atoms with Gasteiger partial charge in [0.2, 0.25) is 5.89 Å². The van der Waals surface area contributed by atoms with Crippen molar-refractivity contribution in [3.8, 4) is 28.6 Å². The second-order valence-corrected chi connectivity index (χ2v) is 8.88. The van der Waals surface area contributed by atoms with Crippen LogP contribution in [0, 0.1) is 20.8 Å². The fraction of sp³-hybridized carbons (Fsp3) is 0.192. The number of thioether (sulfide) groups is 1. The number of aromatic nitrogens is 3. The van der Waals surface area contributed by atoms with Crippen molar-refractivity contribution in [1.29, 1.82) is 0 Å². The lowest BCUT2D eigenvalue weighted by atomic mass is 10.2. The van der Waals surface area contributed by atoms with E-state index in [-0.39, 0.29) is 16.0 Å². The highest BCUT2D eigenvalue weighted by atomic mass is 32.2. The maximum atomic E-state index is 12.0. The number of carboxylic acids is 1. The van der Waals surface area contributed by atoms with Crippen LogP contribution in [0.2, 0.25) is 0 Å². The van der Waals surface area contributed by atoms with Gasteiger partial charge in [-0.15, -0.1) is 10.2 Å². The predicted octanol–water partition coefficient (Wildman–Crippen LogP) is 5.69. The first-order valence-corrected chi connectivity index (χ1v) is 11.6. The van der Waals surface area contributed by atoms with Gasteiger partial charge in [-0.3, -0.25) is 0 Å². The highest BCUT2D eigenvalue weighted by Gasteiger charge is 2.19. The minimum Gasteiger partial charge on any atom is -0.497 e. The van der Waals surface area contributed by atoms with Gasteiger partial charge in [0.1, 0.15) is 16.4 Å². The van der Waals surface area contributed by atoms with Crippen LogP contribution in [0.5, 0.6) is 11.5 Å². The summed E-state index contributed by atoms with van der Waals surface area (Å²) in [4.78, 5) is 12.1. The Labute approximate surface area is 207 Å². The number of hydrogen-bond acceptors (Lipinski definition) is 7. The molecule has 0 aliphatic rings. The molecule has 0 unspecified atom stereocenters. The Morgan fingerprint density at radius 3 is 2.26 bits per heavy atom. The highest BCUT2D eigenvalue weighted by Crippen LogP contribution is 2.34. The van der Waals surface area contributed by atoms with E-state index in [4.69, 9.17) is 13.9 Å². The minimum absolute atomic E-state index is 0.0626. The van der Waals surface area contributed by atoms with Crippen LogP contribution in [-0.4, -0.2) is 40.1 Å². The van der Waals surface area contributed by atoms with E-state index in [1.54, 1.807) is 38.5 Å². The van der Waals surface area contributed by atoms with Crippen LogP contribution in [0.25, 0.3) is 23.2 Å². The van der Waals surface area contributed by atoms with E-state index in [0.717, 1.165) is 34.4 Å². The van der Waals surface area contributed by atoms with Crippen molar-refractivity contribution in [2.24, 2.45) is 0 Å². The van der Waals surface area contributed by atoms with Crippen molar-refractivity contribution >= 4 is 23.8 Å². The lowest BCUT2D eigenvalue weighted by molar-refractivity contribution is -0.131. The quantitative estimate of drug-likeness (QED) is 0.248. The molecule has 0 atom stereocenters. The Morgan fingerprint density at radius 1 is 1.00 bits per heavy atom. The smallest absolute Gasteiger partial charge is 0.342 e. The normalized spacial score (nSPS) is 11.5. The largest absolute Gasteiger partial charge is 0.497 e. The number of benzene rings is 2. The number of ether oxygens (including phenoxy) is 2. The molecule has 0 bridgehead atoms. The molecule has 0 fully saturated rings. The Balaban J connectivity index is 1.64. The van der Waals surface area contributed by atoms with Gasteiger partial charge in [-0.1, -0.05) is 17.7 Å². The summed E-state index contributed by atoms with van der Waals surface area (Å²) in [6.07, 6.45) is 1.62. The summed E-state index contributed by atoms with van der Waals surface area (Å²) < 4.78 is 18.4. The molecular weight excluding hydrogens is 466 g/mol. The molecule has 0 radical (unpaired) electrons. The standard InChI is InChI=1S/C26H25N3O5S/c1-15-6-8-20(9-7-15)29-16(2)10-18(17(29)3)13-23(25(30)31)35-26-28-27-24(34-26)19-11-21(32-4)14-22(12-19)33-5/h6-14H,1-5H3,(H,30,31)/b23-13-. The van der Waals surface area contributed by atoms with E-state index >= 15 is 0 Å². The average molecular weight is 492 g/mol. The van der Waals surface area contributed by atoms with Crippen LogP contribution < -0.4 is 9.47 Å². The number of aryl methyl sites for hydroxylation is 2. The van der Waals surface area contributed by atoms with Gasteiger partial charge in [0.25, 0.3) is 5.22 Å². The minimum atomic E-state index is -1.09. The van der Waals surface area contributed by atoms with Crippen molar-refractivity contribution in [2.45, 2.75) is 26.0 Å². The topological polar surface area (TPSA) is 99.6 Å². The Morgan fingerprint density at radius 2 is 1.66 bits per heavy atom. The van der Waals surface area contributed by atoms with E-state index in [0.29, 0.717) is 17.1 Å². The van der Waals surface area contributed by atoms with E-state index < -0.39 is 5.97 Å².